The van der Waals surface area contributed by atoms with Crippen LogP contribution in [0.4, 0.5) is 15.8 Å². The fourth-order valence-corrected chi connectivity index (χ4v) is 3.33. The maximum atomic E-state index is 14.0. The topological polar surface area (TPSA) is 75.7 Å². The van der Waals surface area contributed by atoms with Crippen molar-refractivity contribution in [3.05, 3.63) is 59.4 Å². The second-order valence-corrected chi connectivity index (χ2v) is 7.19. The maximum Gasteiger partial charge on any atom is 0.312 e. The van der Waals surface area contributed by atoms with Gasteiger partial charge in [-0.3, -0.25) is 14.4 Å². The Labute approximate surface area is 168 Å². The van der Waals surface area contributed by atoms with E-state index < -0.39 is 29.7 Å². The van der Waals surface area contributed by atoms with Crippen LogP contribution >= 0.6 is 0 Å². The molecule has 3 rings (SSSR count). The van der Waals surface area contributed by atoms with Crippen LogP contribution in [-0.4, -0.2) is 30.4 Å². The van der Waals surface area contributed by atoms with Crippen LogP contribution in [0.1, 0.15) is 24.5 Å². The normalized spacial score (nSPS) is 17.2. The number of amides is 2. The van der Waals surface area contributed by atoms with Gasteiger partial charge in [0.15, 0.2) is 6.10 Å². The molecule has 6 nitrogen and oxygen atoms in total. The first-order valence-electron chi connectivity index (χ1n) is 9.40. The SMILES string of the molecule is Cc1cccc(C)c1NC(=O)[C@H](C)OC(=O)[C@@H]1CC(=O)N(c2ccccc2F)C1. The molecule has 0 aliphatic carbocycles. The van der Waals surface area contributed by atoms with Gasteiger partial charge in [-0.15, -0.1) is 0 Å². The van der Waals surface area contributed by atoms with Crippen molar-refractivity contribution in [1.29, 1.82) is 0 Å². The van der Waals surface area contributed by atoms with Crippen molar-refractivity contribution in [2.45, 2.75) is 33.3 Å². The molecule has 0 radical (unpaired) electrons. The van der Waals surface area contributed by atoms with Crippen molar-refractivity contribution in [1.82, 2.24) is 0 Å². The van der Waals surface area contributed by atoms with E-state index in [9.17, 15) is 18.8 Å². The molecule has 29 heavy (non-hydrogen) atoms. The van der Waals surface area contributed by atoms with Crippen molar-refractivity contribution < 1.29 is 23.5 Å². The summed E-state index contributed by atoms with van der Waals surface area (Å²) in [5.41, 5.74) is 2.62. The van der Waals surface area contributed by atoms with Crippen LogP contribution < -0.4 is 10.2 Å². The molecule has 1 aliphatic heterocycles. The number of nitrogens with zero attached hydrogens (tertiary/aromatic N) is 1. The number of nitrogens with one attached hydrogen (secondary N) is 1. The Hall–Kier alpha value is -3.22. The summed E-state index contributed by atoms with van der Waals surface area (Å²) in [5.74, 6) is -2.74. The lowest BCUT2D eigenvalue weighted by molar-refractivity contribution is -0.157. The smallest absolute Gasteiger partial charge is 0.312 e. The third kappa shape index (κ3) is 4.45. The van der Waals surface area contributed by atoms with E-state index in [0.717, 1.165) is 11.1 Å². The largest absolute Gasteiger partial charge is 0.452 e. The number of ether oxygens (including phenoxy) is 1. The van der Waals surface area contributed by atoms with Gasteiger partial charge in [-0.25, -0.2) is 4.39 Å². The molecule has 2 aromatic rings. The summed E-state index contributed by atoms with van der Waals surface area (Å²) in [6.07, 6.45) is -1.11. The number of carbonyl (C=O) groups is 3. The number of hydrogen-bond donors (Lipinski definition) is 1. The summed E-state index contributed by atoms with van der Waals surface area (Å²) in [6, 6.07) is 11.5. The van der Waals surface area contributed by atoms with Crippen LogP contribution in [0.15, 0.2) is 42.5 Å². The van der Waals surface area contributed by atoms with Crippen molar-refractivity contribution in [3.8, 4) is 0 Å². The Morgan fingerprint density at radius 3 is 2.45 bits per heavy atom. The molecule has 1 saturated heterocycles. The third-order valence-electron chi connectivity index (χ3n) is 4.99. The van der Waals surface area contributed by atoms with E-state index in [-0.39, 0.29) is 24.6 Å². The molecular formula is C22H23FN2O4. The lowest BCUT2D eigenvalue weighted by Gasteiger charge is -2.19. The van der Waals surface area contributed by atoms with Crippen LogP contribution in [0.2, 0.25) is 0 Å². The van der Waals surface area contributed by atoms with Gasteiger partial charge in [0, 0.05) is 18.7 Å². The van der Waals surface area contributed by atoms with Gasteiger partial charge in [-0.1, -0.05) is 30.3 Å². The van der Waals surface area contributed by atoms with Gasteiger partial charge in [0.05, 0.1) is 11.6 Å². The number of benzene rings is 2. The Bertz CT molecular complexity index is 939. The summed E-state index contributed by atoms with van der Waals surface area (Å²) >= 11 is 0. The first-order valence-corrected chi connectivity index (χ1v) is 9.40. The van der Waals surface area contributed by atoms with Crippen LogP contribution in [-0.2, 0) is 19.1 Å². The lowest BCUT2D eigenvalue weighted by Crippen LogP contribution is -2.33. The quantitative estimate of drug-likeness (QED) is 0.784. The molecule has 0 spiro atoms. The third-order valence-corrected chi connectivity index (χ3v) is 4.99. The fourth-order valence-electron chi connectivity index (χ4n) is 3.33. The van der Waals surface area contributed by atoms with E-state index in [1.807, 2.05) is 32.0 Å². The number of hydrogen-bond acceptors (Lipinski definition) is 4. The number of anilines is 2. The van der Waals surface area contributed by atoms with Gasteiger partial charge in [0.25, 0.3) is 5.91 Å². The van der Waals surface area contributed by atoms with E-state index in [2.05, 4.69) is 5.32 Å². The molecule has 2 amide bonds. The average Bonchev–Trinajstić information content (AvgIpc) is 3.06. The zero-order valence-corrected chi connectivity index (χ0v) is 16.6. The summed E-state index contributed by atoms with van der Waals surface area (Å²) < 4.78 is 19.3. The zero-order chi connectivity index (χ0) is 21.1. The van der Waals surface area contributed by atoms with Gasteiger partial charge < -0.3 is 15.0 Å². The van der Waals surface area contributed by atoms with Crippen molar-refractivity contribution in [2.75, 3.05) is 16.8 Å². The van der Waals surface area contributed by atoms with Crippen molar-refractivity contribution in [3.63, 3.8) is 0 Å². The number of para-hydroxylation sites is 2. The first-order chi connectivity index (χ1) is 13.8. The highest BCUT2D eigenvalue weighted by Gasteiger charge is 2.38. The molecular weight excluding hydrogens is 375 g/mol. The van der Waals surface area contributed by atoms with E-state index in [1.54, 1.807) is 6.07 Å². The molecule has 0 saturated carbocycles. The number of rotatable bonds is 5. The minimum atomic E-state index is -1.03. The summed E-state index contributed by atoms with van der Waals surface area (Å²) in [5, 5.41) is 2.78. The minimum Gasteiger partial charge on any atom is -0.452 e. The molecule has 7 heteroatoms. The van der Waals surface area contributed by atoms with E-state index in [1.165, 1.54) is 30.0 Å². The maximum absolute atomic E-state index is 14.0. The second kappa shape index (κ2) is 8.43. The van der Waals surface area contributed by atoms with Crippen LogP contribution in [0.5, 0.6) is 0 Å². The molecule has 1 fully saturated rings. The molecule has 2 atom stereocenters. The van der Waals surface area contributed by atoms with Crippen molar-refractivity contribution in [2.24, 2.45) is 5.92 Å². The summed E-state index contributed by atoms with van der Waals surface area (Å²) in [6.45, 7) is 5.25. The predicted molar refractivity (Wildman–Crippen MR) is 107 cm³/mol. The van der Waals surface area contributed by atoms with E-state index in [0.29, 0.717) is 5.69 Å². The average molecular weight is 398 g/mol. The van der Waals surface area contributed by atoms with Crippen molar-refractivity contribution >= 4 is 29.2 Å². The minimum absolute atomic E-state index is 0.0177. The molecule has 1 aliphatic rings. The van der Waals surface area contributed by atoms with E-state index >= 15 is 0 Å². The first kappa shape index (κ1) is 20.5. The van der Waals surface area contributed by atoms with Gasteiger partial charge in [-0.2, -0.15) is 0 Å². The highest BCUT2D eigenvalue weighted by atomic mass is 19.1. The monoisotopic (exact) mass is 398 g/mol. The van der Waals surface area contributed by atoms with Crippen LogP contribution in [0.3, 0.4) is 0 Å². The lowest BCUT2D eigenvalue weighted by atomic mass is 10.1. The number of esters is 1. The van der Waals surface area contributed by atoms with Gasteiger partial charge >= 0.3 is 5.97 Å². The molecule has 1 N–H and O–H groups in total. The molecule has 0 bridgehead atoms. The Balaban J connectivity index is 1.62. The van der Waals surface area contributed by atoms with Crippen LogP contribution in [0.25, 0.3) is 0 Å². The Morgan fingerprint density at radius 1 is 1.14 bits per heavy atom. The van der Waals surface area contributed by atoms with Crippen LogP contribution in [0, 0.1) is 25.6 Å². The highest BCUT2D eigenvalue weighted by Crippen LogP contribution is 2.28. The van der Waals surface area contributed by atoms with Gasteiger partial charge in [0.2, 0.25) is 5.91 Å². The summed E-state index contributed by atoms with van der Waals surface area (Å²) in [4.78, 5) is 38.4. The van der Waals surface area contributed by atoms with Gasteiger partial charge in [0.1, 0.15) is 5.82 Å². The summed E-state index contributed by atoms with van der Waals surface area (Å²) in [7, 11) is 0. The molecule has 152 valence electrons. The Kier molecular flexibility index (Phi) is 5.96. The number of aryl methyl sites for hydroxylation is 2. The predicted octanol–water partition coefficient (Wildman–Crippen LogP) is 3.37. The number of halogens is 1. The zero-order valence-electron chi connectivity index (χ0n) is 16.6. The van der Waals surface area contributed by atoms with Gasteiger partial charge in [-0.05, 0) is 44.0 Å². The van der Waals surface area contributed by atoms with E-state index in [4.69, 9.17) is 4.74 Å². The second-order valence-electron chi connectivity index (χ2n) is 7.19. The highest BCUT2D eigenvalue weighted by molar-refractivity contribution is 6.00. The molecule has 0 aromatic heterocycles. The number of carbonyl (C=O) groups excluding carboxylic acids is 3. The molecule has 0 unspecified atom stereocenters. The molecule has 1 heterocycles. The standard InChI is InChI=1S/C22H23FN2O4/c1-13-7-6-8-14(2)20(13)24-21(27)15(3)29-22(28)16-11-19(26)25(12-16)18-10-5-4-9-17(18)23/h4-10,15-16H,11-12H2,1-3H3,(H,24,27)/t15-,16+/m0/s1. The molecule has 2 aromatic carbocycles. The Morgan fingerprint density at radius 2 is 1.79 bits per heavy atom. The fraction of sp³-hybridized carbons (Fsp3) is 0.318.